The summed E-state index contributed by atoms with van der Waals surface area (Å²) in [6.45, 7) is 2.73. The van der Waals surface area contributed by atoms with Crippen LogP contribution in [0.2, 0.25) is 9.36 Å². The first-order chi connectivity index (χ1) is 11.8. The van der Waals surface area contributed by atoms with E-state index in [0.29, 0.717) is 17.3 Å². The molecule has 1 atom stereocenters. The van der Waals surface area contributed by atoms with Crippen LogP contribution in [0.1, 0.15) is 10.4 Å². The smallest absolute Gasteiger partial charge is 0.275 e. The molecule has 1 aromatic carbocycles. The Kier molecular flexibility index (Phi) is 7.25. The second kappa shape index (κ2) is 9.20. The maximum atomic E-state index is 12.0. The van der Waals surface area contributed by atoms with Gasteiger partial charge in [-0.05, 0) is 36.8 Å². The zero-order chi connectivity index (χ0) is 18.4. The maximum absolute atomic E-state index is 12.0. The standard InChI is InChI=1S/C17H19Cl2N3O2S/c1-11-13(18)4-3-5-14(11)21-16(23)8-20-17(24)10-22(2)9-12-6-7-15(19)25-12/h3-7H,8-10H2,1-2H3,(H,20,24)(H,21,23)/p+1. The normalized spacial score (nSPS) is 11.8. The lowest BCUT2D eigenvalue weighted by Crippen LogP contribution is -3.08. The Balaban J connectivity index is 1.75. The third kappa shape index (κ3) is 6.32. The Morgan fingerprint density at radius 2 is 1.92 bits per heavy atom. The Labute approximate surface area is 160 Å². The van der Waals surface area contributed by atoms with E-state index >= 15 is 0 Å². The van der Waals surface area contributed by atoms with E-state index < -0.39 is 0 Å². The molecule has 1 heterocycles. The van der Waals surface area contributed by atoms with Crippen LogP contribution in [-0.2, 0) is 16.1 Å². The van der Waals surface area contributed by atoms with Crippen LogP contribution >= 0.6 is 34.5 Å². The molecule has 134 valence electrons. The van der Waals surface area contributed by atoms with Crippen LogP contribution < -0.4 is 15.5 Å². The van der Waals surface area contributed by atoms with Crippen molar-refractivity contribution in [3.8, 4) is 0 Å². The molecule has 0 fully saturated rings. The number of thiophene rings is 1. The highest BCUT2D eigenvalue weighted by molar-refractivity contribution is 7.16. The fourth-order valence-corrected chi connectivity index (χ4v) is 3.64. The van der Waals surface area contributed by atoms with Crippen molar-refractivity contribution in [1.29, 1.82) is 0 Å². The van der Waals surface area contributed by atoms with Crippen LogP contribution in [0.5, 0.6) is 0 Å². The van der Waals surface area contributed by atoms with Crippen LogP contribution in [0.4, 0.5) is 5.69 Å². The van der Waals surface area contributed by atoms with Gasteiger partial charge < -0.3 is 15.5 Å². The van der Waals surface area contributed by atoms with Crippen molar-refractivity contribution in [2.24, 2.45) is 0 Å². The summed E-state index contributed by atoms with van der Waals surface area (Å²) in [5.41, 5.74) is 1.44. The second-order valence-electron chi connectivity index (χ2n) is 5.75. The number of likely N-dealkylation sites (N-methyl/N-ethyl adjacent to an activating group) is 1. The average molecular weight is 401 g/mol. The van der Waals surface area contributed by atoms with E-state index in [0.717, 1.165) is 19.7 Å². The highest BCUT2D eigenvalue weighted by Crippen LogP contribution is 2.22. The predicted molar refractivity (Wildman–Crippen MR) is 103 cm³/mol. The molecule has 1 aromatic heterocycles. The number of benzene rings is 1. The maximum Gasteiger partial charge on any atom is 0.275 e. The number of nitrogens with one attached hydrogen (secondary N) is 3. The molecule has 3 N–H and O–H groups in total. The second-order valence-corrected chi connectivity index (χ2v) is 7.96. The van der Waals surface area contributed by atoms with E-state index in [-0.39, 0.29) is 24.9 Å². The van der Waals surface area contributed by atoms with Gasteiger partial charge in [0, 0.05) is 10.7 Å². The predicted octanol–water partition coefficient (Wildman–Crippen LogP) is 2.13. The molecule has 8 heteroatoms. The van der Waals surface area contributed by atoms with Gasteiger partial charge in [-0.1, -0.05) is 29.3 Å². The Bertz CT molecular complexity index is 764. The molecule has 0 aliphatic rings. The molecule has 0 spiro atoms. The van der Waals surface area contributed by atoms with Crippen LogP contribution in [0.25, 0.3) is 0 Å². The van der Waals surface area contributed by atoms with E-state index in [1.54, 1.807) is 18.2 Å². The quantitative estimate of drug-likeness (QED) is 0.666. The minimum atomic E-state index is -0.290. The number of hydrogen-bond donors (Lipinski definition) is 3. The van der Waals surface area contributed by atoms with Crippen molar-refractivity contribution in [3.63, 3.8) is 0 Å². The highest BCUT2D eigenvalue weighted by Gasteiger charge is 2.13. The van der Waals surface area contributed by atoms with E-state index in [4.69, 9.17) is 23.2 Å². The Morgan fingerprint density at radius 3 is 2.60 bits per heavy atom. The summed E-state index contributed by atoms with van der Waals surface area (Å²) < 4.78 is 0.736. The molecule has 0 saturated carbocycles. The van der Waals surface area contributed by atoms with Crippen molar-refractivity contribution in [1.82, 2.24) is 5.32 Å². The zero-order valence-corrected chi connectivity index (χ0v) is 16.3. The summed E-state index contributed by atoms with van der Waals surface area (Å²) in [4.78, 5) is 26.1. The minimum absolute atomic E-state index is 0.0805. The summed E-state index contributed by atoms with van der Waals surface area (Å²) in [5, 5.41) is 5.96. The number of carbonyl (C=O) groups is 2. The van der Waals surface area contributed by atoms with Gasteiger partial charge in [0.05, 0.1) is 22.8 Å². The summed E-state index contributed by atoms with van der Waals surface area (Å²) in [7, 11) is 1.92. The number of hydrogen-bond acceptors (Lipinski definition) is 3. The van der Waals surface area contributed by atoms with Gasteiger partial charge in [0.15, 0.2) is 6.54 Å². The molecule has 0 aliphatic carbocycles. The fourth-order valence-electron chi connectivity index (χ4n) is 2.26. The Hall–Kier alpha value is -1.60. The number of carbonyl (C=O) groups excluding carboxylic acids is 2. The number of quaternary nitrogens is 1. The molecule has 0 radical (unpaired) electrons. The molecule has 0 saturated heterocycles. The molecule has 2 amide bonds. The summed E-state index contributed by atoms with van der Waals surface area (Å²) in [6, 6.07) is 9.09. The van der Waals surface area contributed by atoms with Crippen LogP contribution in [0.15, 0.2) is 30.3 Å². The third-order valence-electron chi connectivity index (χ3n) is 3.56. The van der Waals surface area contributed by atoms with E-state index in [9.17, 15) is 9.59 Å². The number of rotatable bonds is 7. The van der Waals surface area contributed by atoms with Gasteiger partial charge in [-0.15, -0.1) is 11.3 Å². The summed E-state index contributed by atoms with van der Waals surface area (Å²) >= 11 is 13.4. The van der Waals surface area contributed by atoms with Gasteiger partial charge in [-0.25, -0.2) is 0 Å². The minimum Gasteiger partial charge on any atom is -0.342 e. The molecule has 0 aliphatic heterocycles. The molecular weight excluding hydrogens is 381 g/mol. The van der Waals surface area contributed by atoms with Gasteiger partial charge in [0.25, 0.3) is 5.91 Å². The molecular formula is C17H20Cl2N3O2S+. The molecule has 1 unspecified atom stereocenters. The van der Waals surface area contributed by atoms with Crippen molar-refractivity contribution >= 4 is 52.0 Å². The third-order valence-corrected chi connectivity index (χ3v) is 5.20. The molecule has 0 bridgehead atoms. The van der Waals surface area contributed by atoms with Gasteiger partial charge in [-0.2, -0.15) is 0 Å². The molecule has 5 nitrogen and oxygen atoms in total. The SMILES string of the molecule is Cc1c(Cl)cccc1NC(=O)CNC(=O)C[NH+](C)Cc1ccc(Cl)s1. The first kappa shape index (κ1) is 19.7. The number of amides is 2. The first-order valence-corrected chi connectivity index (χ1v) is 9.29. The molecule has 25 heavy (non-hydrogen) atoms. The first-order valence-electron chi connectivity index (χ1n) is 7.72. The summed E-state index contributed by atoms with van der Waals surface area (Å²) in [5.74, 6) is -0.473. The zero-order valence-electron chi connectivity index (χ0n) is 14.0. The largest absolute Gasteiger partial charge is 0.342 e. The fraction of sp³-hybridized carbons (Fsp3) is 0.294. The lowest BCUT2D eigenvalue weighted by molar-refractivity contribution is -0.885. The van der Waals surface area contributed by atoms with Crippen LogP contribution in [-0.4, -0.2) is 32.0 Å². The van der Waals surface area contributed by atoms with Crippen LogP contribution in [0.3, 0.4) is 0 Å². The number of anilines is 1. The Morgan fingerprint density at radius 1 is 1.16 bits per heavy atom. The van der Waals surface area contributed by atoms with E-state index in [1.165, 1.54) is 11.3 Å². The van der Waals surface area contributed by atoms with E-state index in [1.807, 2.05) is 26.1 Å². The lowest BCUT2D eigenvalue weighted by atomic mass is 10.2. The van der Waals surface area contributed by atoms with Gasteiger partial charge in [-0.3, -0.25) is 9.59 Å². The number of halogens is 2. The monoisotopic (exact) mass is 400 g/mol. The average Bonchev–Trinajstić information content (AvgIpc) is 2.94. The summed E-state index contributed by atoms with van der Waals surface area (Å²) in [6.07, 6.45) is 0. The molecule has 2 aromatic rings. The van der Waals surface area contributed by atoms with Crippen molar-refractivity contribution in [3.05, 3.63) is 50.1 Å². The molecule has 2 rings (SSSR count). The van der Waals surface area contributed by atoms with Gasteiger partial charge in [0.1, 0.15) is 6.54 Å². The van der Waals surface area contributed by atoms with Crippen molar-refractivity contribution in [2.45, 2.75) is 13.5 Å². The topological polar surface area (TPSA) is 62.6 Å². The highest BCUT2D eigenvalue weighted by atomic mass is 35.5. The van der Waals surface area contributed by atoms with Gasteiger partial charge in [0.2, 0.25) is 5.91 Å². The van der Waals surface area contributed by atoms with Gasteiger partial charge >= 0.3 is 0 Å². The van der Waals surface area contributed by atoms with E-state index in [2.05, 4.69) is 10.6 Å². The lowest BCUT2D eigenvalue weighted by Gasteiger charge is -2.13. The van der Waals surface area contributed by atoms with Crippen molar-refractivity contribution in [2.75, 3.05) is 25.5 Å². The van der Waals surface area contributed by atoms with Crippen LogP contribution in [0, 0.1) is 6.92 Å². The van der Waals surface area contributed by atoms with Crippen molar-refractivity contribution < 1.29 is 14.5 Å².